The van der Waals surface area contributed by atoms with Gasteiger partial charge in [0.05, 0.1) is 22.4 Å². The Morgan fingerprint density at radius 2 is 2.06 bits per heavy atom. The molecular formula is C24H21N3O3S2. The maximum atomic E-state index is 13.6. The van der Waals surface area contributed by atoms with Gasteiger partial charge in [-0.2, -0.15) is 0 Å². The van der Waals surface area contributed by atoms with Crippen LogP contribution in [0, 0.1) is 6.92 Å². The van der Waals surface area contributed by atoms with Crippen molar-refractivity contribution < 1.29 is 9.53 Å². The first-order valence-electron chi connectivity index (χ1n) is 10.3. The van der Waals surface area contributed by atoms with Crippen molar-refractivity contribution in [1.82, 2.24) is 9.55 Å². The number of para-hydroxylation sites is 1. The summed E-state index contributed by atoms with van der Waals surface area (Å²) in [5, 5.41) is 3.01. The number of allylic oxidation sites excluding steroid dienone is 1. The Balaban J connectivity index is 1.75. The summed E-state index contributed by atoms with van der Waals surface area (Å²) in [5.41, 5.74) is 3.84. The van der Waals surface area contributed by atoms with Gasteiger partial charge < -0.3 is 9.72 Å². The highest BCUT2D eigenvalue weighted by Gasteiger charge is 2.33. The molecule has 162 valence electrons. The van der Waals surface area contributed by atoms with Crippen molar-refractivity contribution in [3.63, 3.8) is 0 Å². The van der Waals surface area contributed by atoms with Crippen LogP contribution in [0.3, 0.4) is 0 Å². The van der Waals surface area contributed by atoms with Crippen LogP contribution in [0.25, 0.3) is 17.0 Å². The second kappa shape index (κ2) is 8.03. The van der Waals surface area contributed by atoms with E-state index in [1.165, 1.54) is 22.7 Å². The number of H-pyrrole nitrogens is 1. The molecule has 0 saturated carbocycles. The molecule has 1 N–H and O–H groups in total. The summed E-state index contributed by atoms with van der Waals surface area (Å²) in [6, 6.07) is 11.3. The third-order valence-electron chi connectivity index (χ3n) is 5.55. The molecule has 0 spiro atoms. The van der Waals surface area contributed by atoms with E-state index in [4.69, 9.17) is 4.74 Å². The van der Waals surface area contributed by atoms with E-state index in [1.54, 1.807) is 18.4 Å². The zero-order valence-electron chi connectivity index (χ0n) is 17.8. The minimum absolute atomic E-state index is 0.161. The zero-order chi connectivity index (χ0) is 22.4. The highest BCUT2D eigenvalue weighted by atomic mass is 32.1. The lowest BCUT2D eigenvalue weighted by atomic mass is 10.0. The molecule has 4 heterocycles. The van der Waals surface area contributed by atoms with E-state index in [0.29, 0.717) is 20.6 Å². The Kier molecular flexibility index (Phi) is 5.19. The standard InChI is InChI=1S/C24H21N3O3S2/c1-4-30-23(29)20-14(3)26-24-27(21(20)18-10-7-11-31-18)22(28)19(32-24)12-16-13(2)25-17-9-6-5-8-15(16)17/h5-12,21,25H,4H2,1-3H3/b19-12+/t21-/m1/s1. The molecule has 0 radical (unpaired) electrons. The molecule has 32 heavy (non-hydrogen) atoms. The Labute approximate surface area is 191 Å². The molecule has 3 aromatic heterocycles. The average molecular weight is 464 g/mol. The minimum Gasteiger partial charge on any atom is -0.463 e. The van der Waals surface area contributed by atoms with Crippen LogP contribution in [0.15, 0.2) is 62.8 Å². The van der Waals surface area contributed by atoms with Crippen molar-refractivity contribution in [3.05, 3.63) is 88.9 Å². The summed E-state index contributed by atoms with van der Waals surface area (Å²) in [4.78, 5) is 35.9. The number of carbonyl (C=O) groups excluding carboxylic acids is 1. The lowest BCUT2D eigenvalue weighted by molar-refractivity contribution is -0.139. The van der Waals surface area contributed by atoms with Gasteiger partial charge in [0.15, 0.2) is 4.80 Å². The summed E-state index contributed by atoms with van der Waals surface area (Å²) in [6.45, 7) is 5.83. The van der Waals surface area contributed by atoms with Crippen LogP contribution < -0.4 is 14.9 Å². The molecule has 8 heteroatoms. The Hall–Kier alpha value is -3.23. The van der Waals surface area contributed by atoms with Gasteiger partial charge in [-0.05, 0) is 44.4 Å². The highest BCUT2D eigenvalue weighted by molar-refractivity contribution is 7.10. The van der Waals surface area contributed by atoms with Crippen LogP contribution >= 0.6 is 22.7 Å². The summed E-state index contributed by atoms with van der Waals surface area (Å²) in [7, 11) is 0. The first kappa shape index (κ1) is 20.7. The fraction of sp³-hybridized carbons (Fsp3) is 0.208. The topological polar surface area (TPSA) is 76.4 Å². The van der Waals surface area contributed by atoms with Gasteiger partial charge in [-0.1, -0.05) is 35.6 Å². The molecule has 5 rings (SSSR count). The smallest absolute Gasteiger partial charge is 0.338 e. The van der Waals surface area contributed by atoms with Crippen LogP contribution in [0.4, 0.5) is 0 Å². The van der Waals surface area contributed by atoms with Crippen molar-refractivity contribution in [3.8, 4) is 0 Å². The van der Waals surface area contributed by atoms with Crippen molar-refractivity contribution >= 4 is 45.6 Å². The van der Waals surface area contributed by atoms with E-state index in [1.807, 2.05) is 54.8 Å². The monoisotopic (exact) mass is 463 g/mol. The van der Waals surface area contributed by atoms with E-state index in [-0.39, 0.29) is 12.2 Å². The molecule has 0 aliphatic carbocycles. The van der Waals surface area contributed by atoms with E-state index in [2.05, 4.69) is 9.98 Å². The van der Waals surface area contributed by atoms with Crippen LogP contribution in [0.2, 0.25) is 0 Å². The van der Waals surface area contributed by atoms with E-state index < -0.39 is 12.0 Å². The van der Waals surface area contributed by atoms with E-state index in [9.17, 15) is 9.59 Å². The minimum atomic E-state index is -0.545. The fourth-order valence-corrected chi connectivity index (χ4v) is 5.97. The number of hydrogen-bond donors (Lipinski definition) is 1. The number of aromatic nitrogens is 2. The highest BCUT2D eigenvalue weighted by Crippen LogP contribution is 2.33. The van der Waals surface area contributed by atoms with Gasteiger partial charge in [-0.25, -0.2) is 9.79 Å². The molecule has 4 aromatic rings. The largest absolute Gasteiger partial charge is 0.463 e. The molecule has 0 unspecified atom stereocenters. The van der Waals surface area contributed by atoms with E-state index in [0.717, 1.165) is 27.0 Å². The number of hydrogen-bond acceptors (Lipinski definition) is 6. The van der Waals surface area contributed by atoms with Crippen LogP contribution in [0.5, 0.6) is 0 Å². The van der Waals surface area contributed by atoms with Crippen molar-refractivity contribution in [1.29, 1.82) is 0 Å². The molecule has 0 fully saturated rings. The van der Waals surface area contributed by atoms with Crippen LogP contribution in [-0.4, -0.2) is 22.1 Å². The third kappa shape index (κ3) is 3.27. The Bertz CT molecular complexity index is 1550. The Morgan fingerprint density at radius 1 is 1.25 bits per heavy atom. The van der Waals surface area contributed by atoms with Gasteiger partial charge in [0.25, 0.3) is 5.56 Å². The second-order valence-electron chi connectivity index (χ2n) is 7.53. The van der Waals surface area contributed by atoms with Gasteiger partial charge in [0, 0.05) is 27.0 Å². The molecule has 1 aliphatic rings. The van der Waals surface area contributed by atoms with Gasteiger partial charge in [-0.15, -0.1) is 11.3 Å². The number of aromatic amines is 1. The normalized spacial score (nSPS) is 16.3. The van der Waals surface area contributed by atoms with Gasteiger partial charge in [0.2, 0.25) is 0 Å². The van der Waals surface area contributed by atoms with Crippen molar-refractivity contribution in [2.24, 2.45) is 4.99 Å². The summed E-state index contributed by atoms with van der Waals surface area (Å²) in [6.07, 6.45) is 1.92. The number of carbonyl (C=O) groups is 1. The number of rotatable bonds is 4. The molecular weight excluding hydrogens is 442 g/mol. The molecule has 1 atom stereocenters. The molecule has 0 saturated heterocycles. The van der Waals surface area contributed by atoms with Crippen LogP contribution in [-0.2, 0) is 9.53 Å². The lowest BCUT2D eigenvalue weighted by Crippen LogP contribution is -2.39. The summed E-state index contributed by atoms with van der Waals surface area (Å²) >= 11 is 2.85. The first-order chi connectivity index (χ1) is 15.5. The third-order valence-corrected chi connectivity index (χ3v) is 7.46. The van der Waals surface area contributed by atoms with Gasteiger partial charge >= 0.3 is 5.97 Å². The molecule has 1 aliphatic heterocycles. The van der Waals surface area contributed by atoms with Crippen LogP contribution in [0.1, 0.15) is 36.0 Å². The van der Waals surface area contributed by atoms with Crippen molar-refractivity contribution in [2.45, 2.75) is 26.8 Å². The zero-order valence-corrected chi connectivity index (χ0v) is 19.5. The maximum absolute atomic E-state index is 13.6. The second-order valence-corrected chi connectivity index (χ2v) is 9.52. The number of fused-ring (bicyclic) bond motifs is 2. The number of nitrogens with one attached hydrogen (secondary N) is 1. The number of esters is 1. The summed E-state index contributed by atoms with van der Waals surface area (Å²) < 4.78 is 7.53. The summed E-state index contributed by atoms with van der Waals surface area (Å²) in [5.74, 6) is -0.436. The number of nitrogens with zero attached hydrogens (tertiary/aromatic N) is 2. The van der Waals surface area contributed by atoms with E-state index >= 15 is 0 Å². The van der Waals surface area contributed by atoms with Crippen molar-refractivity contribution in [2.75, 3.05) is 6.61 Å². The quantitative estimate of drug-likeness (QED) is 0.470. The predicted molar refractivity (Wildman–Crippen MR) is 128 cm³/mol. The number of thiophene rings is 1. The number of aryl methyl sites for hydroxylation is 1. The molecule has 1 aromatic carbocycles. The fourth-order valence-electron chi connectivity index (χ4n) is 4.12. The predicted octanol–water partition coefficient (Wildman–Crippen LogP) is 3.65. The van der Waals surface area contributed by atoms with Gasteiger partial charge in [-0.3, -0.25) is 9.36 Å². The maximum Gasteiger partial charge on any atom is 0.338 e. The SMILES string of the molecule is CCOC(=O)C1=C(C)N=c2s/c(=C/c3c(C)[nH]c4ccccc34)c(=O)n2[C@@H]1c1cccs1. The molecule has 0 bridgehead atoms. The molecule has 6 nitrogen and oxygen atoms in total. The Morgan fingerprint density at radius 3 is 2.81 bits per heavy atom. The lowest BCUT2D eigenvalue weighted by Gasteiger charge is -2.23. The number of thiazole rings is 1. The molecule has 0 amide bonds. The average Bonchev–Trinajstić information content (AvgIpc) is 3.47. The number of benzene rings is 1. The first-order valence-corrected chi connectivity index (χ1v) is 12.0. The van der Waals surface area contributed by atoms with Gasteiger partial charge in [0.1, 0.15) is 6.04 Å². The number of ether oxygens (including phenoxy) is 1.